The van der Waals surface area contributed by atoms with Gasteiger partial charge >= 0.3 is 0 Å². The first-order chi connectivity index (χ1) is 15.0. The SMILES string of the molecule is CCCCOc1cccc(C(=O)N(CCCN(C)C)c2nc3ccc(OC)cc3s2)c1. The quantitative estimate of drug-likeness (QED) is 0.388. The summed E-state index contributed by atoms with van der Waals surface area (Å²) in [5.74, 6) is 1.44. The van der Waals surface area contributed by atoms with E-state index in [1.807, 2.05) is 56.6 Å². The first-order valence-corrected chi connectivity index (χ1v) is 11.5. The number of rotatable bonds is 11. The van der Waals surface area contributed by atoms with Gasteiger partial charge in [0, 0.05) is 12.1 Å². The van der Waals surface area contributed by atoms with Crippen molar-refractivity contribution in [3.63, 3.8) is 0 Å². The van der Waals surface area contributed by atoms with Crippen molar-refractivity contribution in [3.8, 4) is 11.5 Å². The van der Waals surface area contributed by atoms with Crippen molar-refractivity contribution < 1.29 is 14.3 Å². The maximum Gasteiger partial charge on any atom is 0.260 e. The van der Waals surface area contributed by atoms with Gasteiger partial charge in [-0.2, -0.15) is 0 Å². The third-order valence-corrected chi connectivity index (χ3v) is 5.94. The van der Waals surface area contributed by atoms with Crippen LogP contribution in [0.2, 0.25) is 0 Å². The summed E-state index contributed by atoms with van der Waals surface area (Å²) < 4.78 is 12.1. The van der Waals surface area contributed by atoms with Crippen molar-refractivity contribution in [2.75, 3.05) is 45.8 Å². The fourth-order valence-electron chi connectivity index (χ4n) is 3.17. The molecule has 1 aromatic heterocycles. The largest absolute Gasteiger partial charge is 0.497 e. The van der Waals surface area contributed by atoms with E-state index >= 15 is 0 Å². The Morgan fingerprint density at radius 2 is 1.90 bits per heavy atom. The molecule has 0 radical (unpaired) electrons. The topological polar surface area (TPSA) is 54.9 Å². The van der Waals surface area contributed by atoms with Crippen LogP contribution in [0.1, 0.15) is 36.5 Å². The summed E-state index contributed by atoms with van der Waals surface area (Å²) in [5, 5.41) is 0.698. The summed E-state index contributed by atoms with van der Waals surface area (Å²) >= 11 is 1.51. The summed E-state index contributed by atoms with van der Waals surface area (Å²) in [6.45, 7) is 4.26. The molecule has 3 aromatic rings. The minimum Gasteiger partial charge on any atom is -0.497 e. The smallest absolute Gasteiger partial charge is 0.260 e. The number of amides is 1. The van der Waals surface area contributed by atoms with Crippen molar-refractivity contribution in [2.24, 2.45) is 0 Å². The van der Waals surface area contributed by atoms with Gasteiger partial charge in [0.2, 0.25) is 0 Å². The molecule has 7 heteroatoms. The molecule has 0 spiro atoms. The van der Waals surface area contributed by atoms with Gasteiger partial charge in [-0.25, -0.2) is 4.98 Å². The summed E-state index contributed by atoms with van der Waals surface area (Å²) in [6.07, 6.45) is 2.91. The third kappa shape index (κ3) is 6.18. The highest BCUT2D eigenvalue weighted by Crippen LogP contribution is 2.32. The Hall–Kier alpha value is -2.64. The number of fused-ring (bicyclic) bond motifs is 1. The van der Waals surface area contributed by atoms with Gasteiger partial charge in [0.05, 0.1) is 23.9 Å². The highest BCUT2D eigenvalue weighted by Gasteiger charge is 2.22. The Bertz CT molecular complexity index is 1000. The maximum atomic E-state index is 13.5. The number of hydrogen-bond donors (Lipinski definition) is 0. The Morgan fingerprint density at radius 1 is 1.06 bits per heavy atom. The van der Waals surface area contributed by atoms with E-state index in [0.29, 0.717) is 23.8 Å². The monoisotopic (exact) mass is 441 g/mol. The number of aromatic nitrogens is 1. The highest BCUT2D eigenvalue weighted by molar-refractivity contribution is 7.22. The summed E-state index contributed by atoms with van der Waals surface area (Å²) in [5.41, 5.74) is 1.47. The third-order valence-electron chi connectivity index (χ3n) is 4.90. The van der Waals surface area contributed by atoms with Gasteiger partial charge in [0.15, 0.2) is 5.13 Å². The van der Waals surface area contributed by atoms with Crippen molar-refractivity contribution in [1.29, 1.82) is 0 Å². The van der Waals surface area contributed by atoms with Gasteiger partial charge in [0.25, 0.3) is 5.91 Å². The molecule has 0 fully saturated rings. The van der Waals surface area contributed by atoms with E-state index in [1.54, 1.807) is 12.0 Å². The molecule has 1 heterocycles. The average molecular weight is 442 g/mol. The molecule has 6 nitrogen and oxygen atoms in total. The van der Waals surface area contributed by atoms with Crippen LogP contribution in [0, 0.1) is 0 Å². The molecule has 0 bridgehead atoms. The van der Waals surface area contributed by atoms with Gasteiger partial charge in [-0.15, -0.1) is 0 Å². The van der Waals surface area contributed by atoms with Crippen LogP contribution in [0.25, 0.3) is 10.2 Å². The number of carbonyl (C=O) groups is 1. The molecule has 0 unspecified atom stereocenters. The zero-order valence-corrected chi connectivity index (χ0v) is 19.6. The highest BCUT2D eigenvalue weighted by atomic mass is 32.1. The molecule has 0 saturated carbocycles. The number of methoxy groups -OCH3 is 1. The maximum absolute atomic E-state index is 13.5. The number of benzene rings is 2. The van der Waals surface area contributed by atoms with E-state index < -0.39 is 0 Å². The number of anilines is 1. The van der Waals surface area contributed by atoms with Crippen molar-refractivity contribution in [1.82, 2.24) is 9.88 Å². The lowest BCUT2D eigenvalue weighted by Gasteiger charge is -2.21. The Labute approximate surface area is 188 Å². The number of hydrogen-bond acceptors (Lipinski definition) is 6. The molecular weight excluding hydrogens is 410 g/mol. The fraction of sp³-hybridized carbons (Fsp3) is 0.417. The molecule has 0 N–H and O–H groups in total. The van der Waals surface area contributed by atoms with Gasteiger partial charge in [-0.1, -0.05) is 30.7 Å². The van der Waals surface area contributed by atoms with E-state index in [2.05, 4.69) is 11.8 Å². The van der Waals surface area contributed by atoms with Gasteiger partial charge in [-0.05, 0) is 69.9 Å². The van der Waals surface area contributed by atoms with E-state index in [-0.39, 0.29) is 5.91 Å². The van der Waals surface area contributed by atoms with E-state index in [1.165, 1.54) is 11.3 Å². The fourth-order valence-corrected chi connectivity index (χ4v) is 4.19. The standard InChI is InChI=1S/C24H31N3O3S/c1-5-6-15-30-20-10-7-9-18(16-20)23(28)27(14-8-13-26(2)3)24-25-21-12-11-19(29-4)17-22(21)31-24/h7,9-12,16-17H,5-6,8,13-15H2,1-4H3. The summed E-state index contributed by atoms with van der Waals surface area (Å²) in [7, 11) is 5.72. The van der Waals surface area contributed by atoms with Crippen LogP contribution in [0.3, 0.4) is 0 Å². The Morgan fingerprint density at radius 3 is 2.65 bits per heavy atom. The van der Waals surface area contributed by atoms with Crippen molar-refractivity contribution in [2.45, 2.75) is 26.2 Å². The molecule has 31 heavy (non-hydrogen) atoms. The van der Waals surface area contributed by atoms with Crippen LogP contribution in [0.5, 0.6) is 11.5 Å². The second-order valence-corrected chi connectivity index (χ2v) is 8.68. The van der Waals surface area contributed by atoms with Crippen LogP contribution >= 0.6 is 11.3 Å². The predicted molar refractivity (Wildman–Crippen MR) is 128 cm³/mol. The number of unbranched alkanes of at least 4 members (excludes halogenated alkanes) is 1. The number of nitrogens with zero attached hydrogens (tertiary/aromatic N) is 3. The number of ether oxygens (including phenoxy) is 2. The molecule has 2 aromatic carbocycles. The van der Waals surface area contributed by atoms with E-state index in [4.69, 9.17) is 14.5 Å². The minimum atomic E-state index is -0.0641. The lowest BCUT2D eigenvalue weighted by molar-refractivity contribution is 0.0985. The zero-order chi connectivity index (χ0) is 22.2. The molecule has 0 aliphatic heterocycles. The normalized spacial score (nSPS) is 11.1. The van der Waals surface area contributed by atoms with Crippen LogP contribution in [0.15, 0.2) is 42.5 Å². The van der Waals surface area contributed by atoms with Crippen LogP contribution in [-0.4, -0.2) is 56.7 Å². The van der Waals surface area contributed by atoms with Crippen LogP contribution < -0.4 is 14.4 Å². The molecule has 0 saturated heterocycles. The first kappa shape index (κ1) is 23.0. The Kier molecular flexibility index (Phi) is 8.26. The number of carbonyl (C=O) groups excluding carboxylic acids is 1. The predicted octanol–water partition coefficient (Wildman–Crippen LogP) is 5.08. The van der Waals surface area contributed by atoms with Crippen molar-refractivity contribution in [3.05, 3.63) is 48.0 Å². The number of thiazole rings is 1. The second kappa shape index (κ2) is 11.1. The second-order valence-electron chi connectivity index (χ2n) is 7.67. The van der Waals surface area contributed by atoms with Gasteiger partial charge < -0.3 is 14.4 Å². The first-order valence-electron chi connectivity index (χ1n) is 10.7. The van der Waals surface area contributed by atoms with E-state index in [9.17, 15) is 4.79 Å². The van der Waals surface area contributed by atoms with Crippen LogP contribution in [-0.2, 0) is 0 Å². The molecule has 0 atom stereocenters. The molecule has 1 amide bonds. The average Bonchev–Trinajstić information content (AvgIpc) is 3.19. The van der Waals surface area contributed by atoms with Crippen molar-refractivity contribution >= 4 is 32.6 Å². The lowest BCUT2D eigenvalue weighted by atomic mass is 10.2. The molecule has 0 aliphatic carbocycles. The summed E-state index contributed by atoms with van der Waals surface area (Å²) in [6, 6.07) is 13.2. The molecule has 3 rings (SSSR count). The zero-order valence-electron chi connectivity index (χ0n) is 18.8. The minimum absolute atomic E-state index is 0.0641. The Balaban J connectivity index is 1.88. The molecule has 166 valence electrons. The summed E-state index contributed by atoms with van der Waals surface area (Å²) in [4.78, 5) is 22.1. The van der Waals surface area contributed by atoms with Gasteiger partial charge in [-0.3, -0.25) is 9.69 Å². The molecular formula is C24H31N3O3S. The van der Waals surface area contributed by atoms with Crippen LogP contribution in [0.4, 0.5) is 5.13 Å². The van der Waals surface area contributed by atoms with E-state index in [0.717, 1.165) is 47.5 Å². The lowest BCUT2D eigenvalue weighted by Crippen LogP contribution is -2.33. The molecule has 0 aliphatic rings. The van der Waals surface area contributed by atoms with Gasteiger partial charge in [0.1, 0.15) is 11.5 Å².